The van der Waals surface area contributed by atoms with Crippen LogP contribution in [0, 0.1) is 5.92 Å². The highest BCUT2D eigenvalue weighted by Gasteiger charge is 2.44. The molecule has 2 aliphatic rings. The van der Waals surface area contributed by atoms with Crippen molar-refractivity contribution < 1.29 is 4.74 Å². The van der Waals surface area contributed by atoms with Crippen molar-refractivity contribution in [3.05, 3.63) is 0 Å². The predicted molar refractivity (Wildman–Crippen MR) is 80.2 cm³/mol. The Labute approximate surface area is 118 Å². The van der Waals surface area contributed by atoms with Gasteiger partial charge >= 0.3 is 0 Å². The van der Waals surface area contributed by atoms with E-state index in [1.54, 1.807) is 0 Å². The van der Waals surface area contributed by atoms with Gasteiger partial charge in [0.2, 0.25) is 0 Å². The van der Waals surface area contributed by atoms with Gasteiger partial charge in [0.15, 0.2) is 0 Å². The summed E-state index contributed by atoms with van der Waals surface area (Å²) < 4.78 is 5.89. The molecule has 2 rings (SSSR count). The summed E-state index contributed by atoms with van der Waals surface area (Å²) in [5, 5.41) is 0. The highest BCUT2D eigenvalue weighted by atomic mass is 16.5. The minimum atomic E-state index is -0.0339. The van der Waals surface area contributed by atoms with Gasteiger partial charge in [-0.05, 0) is 65.3 Å². The summed E-state index contributed by atoms with van der Waals surface area (Å²) in [4.78, 5) is 2.61. The van der Waals surface area contributed by atoms with Crippen molar-refractivity contribution in [1.29, 1.82) is 0 Å². The van der Waals surface area contributed by atoms with E-state index >= 15 is 0 Å². The van der Waals surface area contributed by atoms with Crippen LogP contribution in [0.5, 0.6) is 0 Å². The lowest BCUT2D eigenvalue weighted by atomic mass is 9.77. The molecule has 1 aliphatic carbocycles. The normalized spacial score (nSPS) is 39.5. The Kier molecular flexibility index (Phi) is 4.59. The second kappa shape index (κ2) is 5.71. The molecule has 1 saturated heterocycles. The summed E-state index contributed by atoms with van der Waals surface area (Å²) in [5.74, 6) is 0.907. The standard InChI is InChI=1S/C16H32N2O/c1-13-5-7-14(8-6-13)18(4)16(12-17)9-10-19-15(2,3)11-16/h13-14H,5-12,17H2,1-4H3. The number of hydrogen-bond donors (Lipinski definition) is 1. The monoisotopic (exact) mass is 268 g/mol. The molecule has 1 saturated carbocycles. The molecule has 0 radical (unpaired) electrons. The van der Waals surface area contributed by atoms with Gasteiger partial charge in [0.1, 0.15) is 0 Å². The summed E-state index contributed by atoms with van der Waals surface area (Å²) in [5.41, 5.74) is 6.31. The third-order valence-corrected chi connectivity index (χ3v) is 5.48. The Morgan fingerprint density at radius 2 is 1.84 bits per heavy atom. The Morgan fingerprint density at radius 3 is 2.37 bits per heavy atom. The van der Waals surface area contributed by atoms with Gasteiger partial charge in [-0.1, -0.05) is 6.92 Å². The lowest BCUT2D eigenvalue weighted by molar-refractivity contribution is -0.123. The molecular weight excluding hydrogens is 236 g/mol. The third-order valence-electron chi connectivity index (χ3n) is 5.48. The molecular formula is C16H32N2O. The molecule has 0 aromatic carbocycles. The SMILES string of the molecule is CC1CCC(N(C)C2(CN)CCOC(C)(C)C2)CC1. The fourth-order valence-electron chi connectivity index (χ4n) is 4.09. The first-order valence-electron chi connectivity index (χ1n) is 7.95. The molecule has 3 nitrogen and oxygen atoms in total. The molecule has 3 heteroatoms. The van der Waals surface area contributed by atoms with Gasteiger partial charge in [0.05, 0.1) is 5.60 Å². The smallest absolute Gasteiger partial charge is 0.0644 e. The molecule has 2 N–H and O–H groups in total. The van der Waals surface area contributed by atoms with Gasteiger partial charge in [0.25, 0.3) is 0 Å². The summed E-state index contributed by atoms with van der Waals surface area (Å²) in [6.45, 7) is 8.38. The number of rotatable bonds is 3. The number of likely N-dealkylation sites (N-methyl/N-ethyl adjacent to an activating group) is 1. The molecule has 1 unspecified atom stereocenters. The summed E-state index contributed by atoms with van der Waals surface area (Å²) in [6.07, 6.45) is 7.54. The zero-order chi connectivity index (χ0) is 14.1. The van der Waals surface area contributed by atoms with E-state index in [1.807, 2.05) is 0 Å². The Balaban J connectivity index is 2.07. The quantitative estimate of drug-likeness (QED) is 0.855. The first-order chi connectivity index (χ1) is 8.88. The second-order valence-corrected chi connectivity index (χ2v) is 7.49. The van der Waals surface area contributed by atoms with Crippen LogP contribution in [0.4, 0.5) is 0 Å². The highest BCUT2D eigenvalue weighted by molar-refractivity contribution is 5.00. The first-order valence-corrected chi connectivity index (χ1v) is 7.95. The van der Waals surface area contributed by atoms with Crippen molar-refractivity contribution >= 4 is 0 Å². The van der Waals surface area contributed by atoms with E-state index in [1.165, 1.54) is 25.7 Å². The molecule has 1 heterocycles. The minimum Gasteiger partial charge on any atom is -0.375 e. The van der Waals surface area contributed by atoms with Crippen LogP contribution in [0.1, 0.15) is 59.3 Å². The number of ether oxygens (including phenoxy) is 1. The van der Waals surface area contributed by atoms with E-state index in [0.717, 1.165) is 31.9 Å². The van der Waals surface area contributed by atoms with Crippen molar-refractivity contribution in [3.8, 4) is 0 Å². The van der Waals surface area contributed by atoms with Crippen LogP contribution < -0.4 is 5.73 Å². The van der Waals surface area contributed by atoms with Crippen molar-refractivity contribution in [1.82, 2.24) is 4.90 Å². The topological polar surface area (TPSA) is 38.5 Å². The zero-order valence-electron chi connectivity index (χ0n) is 13.2. The van der Waals surface area contributed by atoms with Crippen molar-refractivity contribution in [3.63, 3.8) is 0 Å². The zero-order valence-corrected chi connectivity index (χ0v) is 13.2. The average molecular weight is 268 g/mol. The molecule has 1 aliphatic heterocycles. The van der Waals surface area contributed by atoms with E-state index in [9.17, 15) is 0 Å². The van der Waals surface area contributed by atoms with E-state index in [-0.39, 0.29) is 11.1 Å². The van der Waals surface area contributed by atoms with Gasteiger partial charge in [-0.15, -0.1) is 0 Å². The van der Waals surface area contributed by atoms with Crippen LogP contribution in [0.25, 0.3) is 0 Å². The van der Waals surface area contributed by atoms with E-state index < -0.39 is 0 Å². The lowest BCUT2D eigenvalue weighted by Crippen LogP contribution is -2.62. The Hall–Kier alpha value is -0.120. The highest BCUT2D eigenvalue weighted by Crippen LogP contribution is 2.39. The van der Waals surface area contributed by atoms with Crippen LogP contribution in [0.3, 0.4) is 0 Å². The molecule has 1 atom stereocenters. The number of nitrogens with two attached hydrogens (primary N) is 1. The van der Waals surface area contributed by atoms with Crippen LogP contribution in [0.2, 0.25) is 0 Å². The molecule has 0 bridgehead atoms. The fourth-order valence-corrected chi connectivity index (χ4v) is 4.09. The van der Waals surface area contributed by atoms with Crippen LogP contribution >= 0.6 is 0 Å². The molecule has 19 heavy (non-hydrogen) atoms. The third kappa shape index (κ3) is 3.32. The van der Waals surface area contributed by atoms with Crippen LogP contribution in [-0.2, 0) is 4.74 Å². The lowest BCUT2D eigenvalue weighted by Gasteiger charge is -2.52. The summed E-state index contributed by atoms with van der Waals surface area (Å²) in [6, 6.07) is 0.716. The molecule has 0 aromatic rings. The van der Waals surface area contributed by atoms with Crippen LogP contribution in [-0.4, -0.2) is 42.3 Å². The molecule has 0 spiro atoms. The largest absolute Gasteiger partial charge is 0.375 e. The Morgan fingerprint density at radius 1 is 1.21 bits per heavy atom. The molecule has 0 aromatic heterocycles. The van der Waals surface area contributed by atoms with E-state index in [2.05, 4.69) is 32.7 Å². The molecule has 2 fully saturated rings. The van der Waals surface area contributed by atoms with Crippen molar-refractivity contribution in [2.24, 2.45) is 11.7 Å². The van der Waals surface area contributed by atoms with Gasteiger partial charge in [0, 0.05) is 24.7 Å². The van der Waals surface area contributed by atoms with Crippen LogP contribution in [0.15, 0.2) is 0 Å². The van der Waals surface area contributed by atoms with Gasteiger partial charge in [-0.25, -0.2) is 0 Å². The van der Waals surface area contributed by atoms with E-state index in [4.69, 9.17) is 10.5 Å². The first kappa shape index (κ1) is 15.3. The van der Waals surface area contributed by atoms with Crippen molar-refractivity contribution in [2.75, 3.05) is 20.2 Å². The van der Waals surface area contributed by atoms with Gasteiger partial charge < -0.3 is 10.5 Å². The average Bonchev–Trinajstić information content (AvgIpc) is 2.37. The second-order valence-electron chi connectivity index (χ2n) is 7.49. The summed E-state index contributed by atoms with van der Waals surface area (Å²) >= 11 is 0. The fraction of sp³-hybridized carbons (Fsp3) is 1.00. The number of hydrogen-bond acceptors (Lipinski definition) is 3. The molecule has 112 valence electrons. The summed E-state index contributed by atoms with van der Waals surface area (Å²) in [7, 11) is 2.30. The maximum absolute atomic E-state index is 6.20. The number of nitrogens with zero attached hydrogens (tertiary/aromatic N) is 1. The van der Waals surface area contributed by atoms with E-state index in [0.29, 0.717) is 6.04 Å². The van der Waals surface area contributed by atoms with Gasteiger partial charge in [-0.2, -0.15) is 0 Å². The minimum absolute atomic E-state index is 0.0339. The Bertz CT molecular complexity index is 297. The maximum Gasteiger partial charge on any atom is 0.0644 e. The molecule has 0 amide bonds. The maximum atomic E-state index is 6.20. The van der Waals surface area contributed by atoms with Gasteiger partial charge in [-0.3, -0.25) is 4.90 Å². The predicted octanol–water partition coefficient (Wildman–Crippen LogP) is 2.78. The van der Waals surface area contributed by atoms with Crippen molar-refractivity contribution in [2.45, 2.75) is 76.5 Å².